The molecule has 2 aromatic carbocycles. The number of carbonyl (C=O) groups is 1. The van der Waals surface area contributed by atoms with E-state index in [-0.39, 0.29) is 18.1 Å². The second-order valence-electron chi connectivity index (χ2n) is 4.88. The standard InChI is InChI=1S/C16H15ClF2N2O/c1-21(10-12-4-7-14(18)8-15(12)19)16(22)20-9-11-2-5-13(17)6-3-11/h2-8H,9-10H2,1H3,(H,20,22). The van der Waals surface area contributed by atoms with Crippen molar-refractivity contribution in [3.8, 4) is 0 Å². The molecule has 0 aromatic heterocycles. The number of amides is 2. The average molecular weight is 325 g/mol. The quantitative estimate of drug-likeness (QED) is 0.907. The Morgan fingerprint density at radius 3 is 2.50 bits per heavy atom. The van der Waals surface area contributed by atoms with Gasteiger partial charge in [-0.05, 0) is 23.8 Å². The smallest absolute Gasteiger partial charge is 0.317 e. The molecule has 0 heterocycles. The maximum atomic E-state index is 13.6. The number of halogens is 3. The highest BCUT2D eigenvalue weighted by Gasteiger charge is 2.12. The number of hydrogen-bond donors (Lipinski definition) is 1. The Kier molecular flexibility index (Phi) is 5.33. The van der Waals surface area contributed by atoms with E-state index in [1.54, 1.807) is 19.2 Å². The Morgan fingerprint density at radius 2 is 1.86 bits per heavy atom. The van der Waals surface area contributed by atoms with Crippen molar-refractivity contribution in [2.24, 2.45) is 0 Å². The van der Waals surface area contributed by atoms with Gasteiger partial charge in [0.2, 0.25) is 0 Å². The van der Waals surface area contributed by atoms with Gasteiger partial charge < -0.3 is 10.2 Å². The van der Waals surface area contributed by atoms with Gasteiger partial charge in [-0.3, -0.25) is 0 Å². The van der Waals surface area contributed by atoms with Crippen molar-refractivity contribution in [1.29, 1.82) is 0 Å². The van der Waals surface area contributed by atoms with Gasteiger partial charge in [-0.25, -0.2) is 13.6 Å². The van der Waals surface area contributed by atoms with Crippen LogP contribution in [0.15, 0.2) is 42.5 Å². The zero-order valence-electron chi connectivity index (χ0n) is 11.9. The second-order valence-corrected chi connectivity index (χ2v) is 5.31. The van der Waals surface area contributed by atoms with E-state index in [4.69, 9.17) is 11.6 Å². The maximum Gasteiger partial charge on any atom is 0.317 e. The van der Waals surface area contributed by atoms with Crippen LogP contribution in [0.3, 0.4) is 0 Å². The summed E-state index contributed by atoms with van der Waals surface area (Å²) in [5.74, 6) is -1.31. The van der Waals surface area contributed by atoms with Gasteiger partial charge in [0.25, 0.3) is 0 Å². The third kappa shape index (κ3) is 4.43. The first-order chi connectivity index (χ1) is 10.5. The minimum atomic E-state index is -0.669. The zero-order chi connectivity index (χ0) is 16.1. The van der Waals surface area contributed by atoms with E-state index in [0.29, 0.717) is 11.6 Å². The predicted molar refractivity (Wildman–Crippen MR) is 81.5 cm³/mol. The third-order valence-corrected chi connectivity index (χ3v) is 3.38. The summed E-state index contributed by atoms with van der Waals surface area (Å²) in [5.41, 5.74) is 1.16. The number of hydrogen-bond acceptors (Lipinski definition) is 1. The Balaban J connectivity index is 1.90. The Hall–Kier alpha value is -2.14. The van der Waals surface area contributed by atoms with E-state index in [9.17, 15) is 13.6 Å². The van der Waals surface area contributed by atoms with Gasteiger partial charge >= 0.3 is 6.03 Å². The zero-order valence-corrected chi connectivity index (χ0v) is 12.7. The number of carbonyl (C=O) groups excluding carboxylic acids is 1. The largest absolute Gasteiger partial charge is 0.334 e. The summed E-state index contributed by atoms with van der Waals surface area (Å²) in [4.78, 5) is 13.3. The van der Waals surface area contributed by atoms with E-state index < -0.39 is 11.6 Å². The number of urea groups is 1. The molecule has 0 bridgehead atoms. The summed E-state index contributed by atoms with van der Waals surface area (Å²) in [5, 5.41) is 3.34. The van der Waals surface area contributed by atoms with Crippen molar-refractivity contribution in [2.45, 2.75) is 13.1 Å². The lowest BCUT2D eigenvalue weighted by atomic mass is 10.2. The predicted octanol–water partition coefficient (Wildman–Crippen LogP) is 3.96. The molecular formula is C16H15ClF2N2O. The summed E-state index contributed by atoms with van der Waals surface area (Å²) in [6, 6.07) is 10.0. The van der Waals surface area contributed by atoms with Gasteiger partial charge in [0.1, 0.15) is 11.6 Å². The molecule has 0 spiro atoms. The van der Waals surface area contributed by atoms with Crippen LogP contribution in [0.2, 0.25) is 5.02 Å². The molecule has 2 rings (SSSR count). The van der Waals surface area contributed by atoms with Crippen molar-refractivity contribution in [3.63, 3.8) is 0 Å². The lowest BCUT2D eigenvalue weighted by molar-refractivity contribution is 0.206. The van der Waals surface area contributed by atoms with Crippen LogP contribution in [0, 0.1) is 11.6 Å². The van der Waals surface area contributed by atoms with Crippen LogP contribution in [0.5, 0.6) is 0 Å². The van der Waals surface area contributed by atoms with Gasteiger partial charge in [0.15, 0.2) is 0 Å². The first kappa shape index (κ1) is 16.2. The van der Waals surface area contributed by atoms with Gasteiger partial charge in [0, 0.05) is 36.8 Å². The first-order valence-electron chi connectivity index (χ1n) is 6.63. The molecule has 3 nitrogen and oxygen atoms in total. The fraction of sp³-hybridized carbons (Fsp3) is 0.188. The Morgan fingerprint density at radius 1 is 1.18 bits per heavy atom. The molecule has 0 aliphatic rings. The first-order valence-corrected chi connectivity index (χ1v) is 7.01. The summed E-state index contributed by atoms with van der Waals surface area (Å²) >= 11 is 5.78. The SMILES string of the molecule is CN(Cc1ccc(F)cc1F)C(=O)NCc1ccc(Cl)cc1. The second kappa shape index (κ2) is 7.22. The van der Waals surface area contributed by atoms with Crippen molar-refractivity contribution in [2.75, 3.05) is 7.05 Å². The fourth-order valence-electron chi connectivity index (χ4n) is 1.89. The molecule has 22 heavy (non-hydrogen) atoms. The van der Waals surface area contributed by atoms with Crippen LogP contribution >= 0.6 is 11.6 Å². The summed E-state index contributed by atoms with van der Waals surface area (Å²) in [6.07, 6.45) is 0. The molecule has 0 radical (unpaired) electrons. The van der Waals surface area contributed by atoms with Crippen LogP contribution in [0.1, 0.15) is 11.1 Å². The molecular weight excluding hydrogens is 310 g/mol. The molecule has 6 heteroatoms. The van der Waals surface area contributed by atoms with Gasteiger partial charge in [-0.1, -0.05) is 29.8 Å². The number of nitrogens with one attached hydrogen (secondary N) is 1. The monoisotopic (exact) mass is 324 g/mol. The van der Waals surface area contributed by atoms with Crippen LogP contribution in [-0.2, 0) is 13.1 Å². The number of benzene rings is 2. The van der Waals surface area contributed by atoms with Gasteiger partial charge in [0.05, 0.1) is 0 Å². The average Bonchev–Trinajstić information content (AvgIpc) is 2.49. The molecule has 0 aliphatic heterocycles. The normalized spacial score (nSPS) is 10.4. The van der Waals surface area contributed by atoms with Crippen molar-refractivity contribution in [3.05, 3.63) is 70.2 Å². The number of rotatable bonds is 4. The van der Waals surface area contributed by atoms with Gasteiger partial charge in [-0.2, -0.15) is 0 Å². The number of nitrogens with zero attached hydrogens (tertiary/aromatic N) is 1. The lowest BCUT2D eigenvalue weighted by Gasteiger charge is -2.18. The van der Waals surface area contributed by atoms with Crippen molar-refractivity contribution < 1.29 is 13.6 Å². The summed E-state index contributed by atoms with van der Waals surface area (Å²) < 4.78 is 26.4. The molecule has 0 aliphatic carbocycles. The minimum absolute atomic E-state index is 0.0541. The molecule has 2 aromatic rings. The van der Waals surface area contributed by atoms with E-state index in [0.717, 1.165) is 17.7 Å². The lowest BCUT2D eigenvalue weighted by Crippen LogP contribution is -2.36. The van der Waals surface area contributed by atoms with Crippen LogP contribution in [0.4, 0.5) is 13.6 Å². The fourth-order valence-corrected chi connectivity index (χ4v) is 2.02. The molecule has 0 unspecified atom stereocenters. The van der Waals surface area contributed by atoms with Crippen LogP contribution in [0.25, 0.3) is 0 Å². The summed E-state index contributed by atoms with van der Waals surface area (Å²) in [7, 11) is 1.54. The molecule has 2 amide bonds. The third-order valence-electron chi connectivity index (χ3n) is 3.13. The highest BCUT2D eigenvalue weighted by molar-refractivity contribution is 6.30. The topological polar surface area (TPSA) is 32.3 Å². The van der Waals surface area contributed by atoms with Crippen LogP contribution in [-0.4, -0.2) is 18.0 Å². The van der Waals surface area contributed by atoms with Crippen molar-refractivity contribution >= 4 is 17.6 Å². The Labute approximate surface area is 132 Å². The van der Waals surface area contributed by atoms with E-state index in [1.165, 1.54) is 11.0 Å². The van der Waals surface area contributed by atoms with E-state index in [2.05, 4.69) is 5.32 Å². The maximum absolute atomic E-state index is 13.6. The van der Waals surface area contributed by atoms with Gasteiger partial charge in [-0.15, -0.1) is 0 Å². The highest BCUT2D eigenvalue weighted by Crippen LogP contribution is 2.12. The van der Waals surface area contributed by atoms with Crippen molar-refractivity contribution in [1.82, 2.24) is 10.2 Å². The molecule has 0 saturated heterocycles. The molecule has 0 saturated carbocycles. The van der Waals surface area contributed by atoms with Crippen LogP contribution < -0.4 is 5.32 Å². The molecule has 0 atom stereocenters. The highest BCUT2D eigenvalue weighted by atomic mass is 35.5. The summed E-state index contributed by atoms with van der Waals surface area (Å²) in [6.45, 7) is 0.394. The van der Waals surface area contributed by atoms with E-state index >= 15 is 0 Å². The van der Waals surface area contributed by atoms with E-state index in [1.807, 2.05) is 12.1 Å². The molecule has 0 fully saturated rings. The Bertz CT molecular complexity index is 662. The minimum Gasteiger partial charge on any atom is -0.334 e. The molecule has 1 N–H and O–H groups in total. The molecule has 116 valence electrons.